The number of ether oxygens (including phenoxy) is 7. The molecule has 0 amide bonds. The number of aromatic nitrogens is 1. The van der Waals surface area contributed by atoms with Crippen LogP contribution in [0.5, 0.6) is 28.7 Å². The first kappa shape index (κ1) is 39.6. The predicted octanol–water partition coefficient (Wildman–Crippen LogP) is 5.75. The maximum absolute atomic E-state index is 15.0. The molecule has 2 N–H and O–H groups in total. The second-order valence-electron chi connectivity index (χ2n) is 16.4. The highest BCUT2D eigenvalue weighted by atomic mass is 32.2. The van der Waals surface area contributed by atoms with Crippen LogP contribution in [0.3, 0.4) is 0 Å². The highest BCUT2D eigenvalue weighted by Gasteiger charge is 2.61. The number of aryl methyl sites for hydroxylation is 1. The number of likely N-dealkylation sites (N-methyl/N-ethyl adjacent to an activating group) is 1. The third-order valence-electron chi connectivity index (χ3n) is 13.4. The van der Waals surface area contributed by atoms with Gasteiger partial charge in [-0.25, -0.2) is 4.79 Å². The van der Waals surface area contributed by atoms with Crippen molar-refractivity contribution in [2.75, 3.05) is 46.5 Å². The van der Waals surface area contributed by atoms with Crippen LogP contribution in [0, 0.1) is 25.2 Å². The van der Waals surface area contributed by atoms with Crippen molar-refractivity contribution in [3.63, 3.8) is 0 Å². The average Bonchev–Trinajstić information content (AvgIpc) is 3.88. The third-order valence-corrected chi connectivity index (χ3v) is 14.9. The summed E-state index contributed by atoms with van der Waals surface area (Å²) in [6, 6.07) is 9.94. The van der Waals surface area contributed by atoms with Crippen molar-refractivity contribution in [1.82, 2.24) is 20.1 Å². The number of thioether (sulfide) groups is 1. The van der Waals surface area contributed by atoms with E-state index in [-0.39, 0.29) is 43.3 Å². The summed E-state index contributed by atoms with van der Waals surface area (Å²) < 4.78 is 42.4. The van der Waals surface area contributed by atoms with Gasteiger partial charge in [-0.2, -0.15) is 5.26 Å². The number of rotatable bonds is 4. The van der Waals surface area contributed by atoms with E-state index in [9.17, 15) is 19.6 Å². The van der Waals surface area contributed by atoms with Crippen molar-refractivity contribution in [2.24, 2.45) is 0 Å². The molecule has 15 nitrogen and oxygen atoms in total. The van der Waals surface area contributed by atoms with Crippen molar-refractivity contribution in [2.45, 2.75) is 74.6 Å². The zero-order valence-corrected chi connectivity index (χ0v) is 35.2. The Morgan fingerprint density at radius 3 is 2.67 bits per heavy atom. The van der Waals surface area contributed by atoms with E-state index in [4.69, 9.17) is 33.2 Å². The number of nitriles is 1. The second kappa shape index (κ2) is 14.8. The van der Waals surface area contributed by atoms with Crippen molar-refractivity contribution >= 4 is 40.6 Å². The Balaban J connectivity index is 1.26. The van der Waals surface area contributed by atoms with Gasteiger partial charge in [-0.05, 0) is 56.5 Å². The molecule has 8 heterocycles. The number of H-pyrrole nitrogens is 1. The number of methoxy groups -OCH3 is 1. The Labute approximate surface area is 356 Å². The third kappa shape index (κ3) is 5.74. The average molecular weight is 848 g/mol. The summed E-state index contributed by atoms with van der Waals surface area (Å²) in [4.78, 5) is 49.3. The van der Waals surface area contributed by atoms with E-state index < -0.39 is 47.1 Å². The van der Waals surface area contributed by atoms with E-state index in [2.05, 4.69) is 38.8 Å². The lowest BCUT2D eigenvalue weighted by molar-refractivity contribution is -0.133. The summed E-state index contributed by atoms with van der Waals surface area (Å²) in [6.45, 7) is 8.90. The zero-order chi connectivity index (χ0) is 42.5. The number of ketones is 1. The Kier molecular flexibility index (Phi) is 9.60. The molecule has 3 aromatic carbocycles. The highest BCUT2D eigenvalue weighted by molar-refractivity contribution is 7.99. The number of hydrogen-bond donors (Lipinski definition) is 2. The quantitative estimate of drug-likeness (QED) is 0.110. The molecule has 7 aliphatic rings. The van der Waals surface area contributed by atoms with Gasteiger partial charge in [0.2, 0.25) is 6.79 Å². The summed E-state index contributed by atoms with van der Waals surface area (Å²) in [5.74, 6) is 1.41. The van der Waals surface area contributed by atoms with E-state index in [1.54, 1.807) is 11.8 Å². The fourth-order valence-electron chi connectivity index (χ4n) is 11.0. The minimum atomic E-state index is -1.21. The SMILES string of the molecule is C=COC(=O)Oc1c(OC)c(C)cc2c1[C@H]1C3[C@@H]4SC[C@]5(NCCc6c5[nH]c5ccccc65)C(=O)COC[C@@H](c5c6c(c(C)c(OC(C)=O)c54)OCO6)N3[C@@H](C#N)[C@@H](C2)N1C. The molecule has 7 atom stereocenters. The summed E-state index contributed by atoms with van der Waals surface area (Å²) in [7, 11) is 3.51. The number of para-hydroxylation sites is 1. The number of carbonyl (C=O) groups excluding carboxylic acids is 3. The second-order valence-corrected chi connectivity index (χ2v) is 17.5. The topological polar surface area (TPSA) is 174 Å². The Morgan fingerprint density at radius 2 is 1.90 bits per heavy atom. The maximum Gasteiger partial charge on any atom is 0.518 e. The van der Waals surface area contributed by atoms with Crippen molar-refractivity contribution in [3.8, 4) is 34.8 Å². The molecule has 4 bridgehead atoms. The molecule has 1 unspecified atom stereocenters. The van der Waals surface area contributed by atoms with Crippen molar-refractivity contribution < 1.29 is 47.5 Å². The summed E-state index contributed by atoms with van der Waals surface area (Å²) in [5, 5.41) is 15.5. The van der Waals surface area contributed by atoms with Crippen LogP contribution in [0.15, 0.2) is 43.2 Å². The van der Waals surface area contributed by atoms with Crippen LogP contribution in [-0.2, 0) is 37.4 Å². The molecular weight excluding hydrogens is 803 g/mol. The van der Waals surface area contributed by atoms with Crippen LogP contribution >= 0.6 is 11.8 Å². The molecular formula is C45H45N5O10S. The first-order valence-corrected chi connectivity index (χ1v) is 21.4. The number of nitrogens with one attached hydrogen (secondary N) is 2. The van der Waals surface area contributed by atoms with Crippen LogP contribution in [-0.4, -0.2) is 97.3 Å². The summed E-state index contributed by atoms with van der Waals surface area (Å²) >= 11 is 1.55. The van der Waals surface area contributed by atoms with Gasteiger partial charge in [0.05, 0.1) is 43.4 Å². The zero-order valence-electron chi connectivity index (χ0n) is 34.4. The van der Waals surface area contributed by atoms with Gasteiger partial charge in [-0.1, -0.05) is 30.8 Å². The minimum Gasteiger partial charge on any atom is -0.493 e. The van der Waals surface area contributed by atoms with E-state index in [0.29, 0.717) is 58.2 Å². The fraction of sp³-hybridized carbons (Fsp3) is 0.422. The van der Waals surface area contributed by atoms with E-state index in [0.717, 1.165) is 46.0 Å². The molecule has 7 aliphatic heterocycles. The number of hydrogen-bond acceptors (Lipinski definition) is 15. The first-order chi connectivity index (χ1) is 29.5. The van der Waals surface area contributed by atoms with Gasteiger partial charge in [0.15, 0.2) is 28.8 Å². The predicted molar refractivity (Wildman–Crippen MR) is 222 cm³/mol. The van der Waals surface area contributed by atoms with Crippen LogP contribution in [0.1, 0.15) is 68.9 Å². The van der Waals surface area contributed by atoms with E-state index in [1.807, 2.05) is 45.2 Å². The molecule has 61 heavy (non-hydrogen) atoms. The highest BCUT2D eigenvalue weighted by Crippen LogP contribution is 2.64. The van der Waals surface area contributed by atoms with Gasteiger partial charge in [-0.3, -0.25) is 24.7 Å². The largest absolute Gasteiger partial charge is 0.518 e. The summed E-state index contributed by atoms with van der Waals surface area (Å²) in [5.41, 5.74) is 5.90. The molecule has 1 spiro atoms. The number of fused-ring (bicyclic) bond motifs is 12. The lowest BCUT2D eigenvalue weighted by Gasteiger charge is -2.61. The van der Waals surface area contributed by atoms with Crippen LogP contribution in [0.4, 0.5) is 4.79 Å². The van der Waals surface area contributed by atoms with Gasteiger partial charge in [-0.15, -0.1) is 11.8 Å². The molecule has 0 radical (unpaired) electrons. The Morgan fingerprint density at radius 1 is 1.10 bits per heavy atom. The molecule has 2 fully saturated rings. The van der Waals surface area contributed by atoms with E-state index >= 15 is 0 Å². The molecule has 1 aromatic heterocycles. The smallest absolute Gasteiger partial charge is 0.493 e. The van der Waals surface area contributed by atoms with Gasteiger partial charge in [0, 0.05) is 70.2 Å². The van der Waals surface area contributed by atoms with Crippen molar-refractivity contribution in [3.05, 3.63) is 87.8 Å². The molecule has 316 valence electrons. The number of aromatic amines is 1. The fourth-order valence-corrected chi connectivity index (χ4v) is 12.8. The van der Waals surface area contributed by atoms with Gasteiger partial charge in [0.1, 0.15) is 23.9 Å². The molecule has 0 aliphatic carbocycles. The normalized spacial score (nSPS) is 27.5. The van der Waals surface area contributed by atoms with Crippen LogP contribution in [0.25, 0.3) is 10.9 Å². The number of Topliss-reactive ketones (excluding diaryl/α,β-unsaturated/α-hetero) is 1. The number of carbonyl (C=O) groups is 3. The number of esters is 1. The minimum absolute atomic E-state index is 0.0128. The maximum atomic E-state index is 15.0. The monoisotopic (exact) mass is 847 g/mol. The van der Waals surface area contributed by atoms with Gasteiger partial charge >= 0.3 is 12.1 Å². The van der Waals surface area contributed by atoms with Gasteiger partial charge in [0.25, 0.3) is 0 Å². The molecule has 4 aromatic rings. The Hall–Kier alpha value is -5.57. The van der Waals surface area contributed by atoms with Crippen LogP contribution < -0.4 is 29.0 Å². The Bertz CT molecular complexity index is 2600. The van der Waals surface area contributed by atoms with Gasteiger partial charge < -0.3 is 38.1 Å². The molecule has 0 saturated carbocycles. The lowest BCUT2D eigenvalue weighted by Crippen LogP contribution is -2.69. The number of benzene rings is 3. The lowest BCUT2D eigenvalue weighted by atomic mass is 9.71. The number of nitrogens with zero attached hydrogens (tertiary/aromatic N) is 3. The standard InChI is InChI=1S/C45H45N5O10S/c1-7-56-44(53)60-41-32-24(14-21(2)37(41)54-6)15-28-29(16-46)50-30-17-55-18-31(52)45(43-26(12-13-47-45)25-10-8-9-11-27(25)48-43)19-61-42(36(50)35(32)49(28)5)34-33(30)40-39(57-20-58-40)22(3)38(34)59-23(4)51/h7-11,14,28-30,35-36,42,47-48H,1,12-13,15,17-20H2,2-6H3/t28-,29+,30+,35+,36?,42-,45+/m1/s1. The van der Waals surface area contributed by atoms with Crippen molar-refractivity contribution in [1.29, 1.82) is 5.26 Å². The van der Waals surface area contributed by atoms with Crippen LogP contribution in [0.2, 0.25) is 0 Å². The first-order valence-electron chi connectivity index (χ1n) is 20.3. The molecule has 11 rings (SSSR count). The number of piperazine rings is 1. The summed E-state index contributed by atoms with van der Waals surface area (Å²) in [6.07, 6.45) is 1.19. The van der Waals surface area contributed by atoms with E-state index in [1.165, 1.54) is 14.0 Å². The molecule has 16 heteroatoms. The molecule has 2 saturated heterocycles.